The number of hydrogen-bond acceptors (Lipinski definition) is 6. The monoisotopic (exact) mass is 318 g/mol. The summed E-state index contributed by atoms with van der Waals surface area (Å²) >= 11 is 1.68. The maximum atomic E-state index is 12.0. The number of rotatable bonds is 4. The number of nitrogens with zero attached hydrogens (tertiary/aromatic N) is 3. The number of hydrogen-bond donors (Lipinski definition) is 1. The zero-order valence-corrected chi connectivity index (χ0v) is 13.8. The summed E-state index contributed by atoms with van der Waals surface area (Å²) < 4.78 is 25.9. The van der Waals surface area contributed by atoms with Crippen LogP contribution in [0.3, 0.4) is 0 Å². The maximum absolute atomic E-state index is 12.0. The van der Waals surface area contributed by atoms with Gasteiger partial charge in [0.15, 0.2) is 9.84 Å². The zero-order valence-electron chi connectivity index (χ0n) is 12.2. The molecule has 0 amide bonds. The van der Waals surface area contributed by atoms with Gasteiger partial charge in [-0.1, -0.05) is 0 Å². The minimum Gasteiger partial charge on any atom is -0.338 e. The molecule has 0 radical (unpaired) electrons. The molecule has 0 aliphatic carbocycles. The van der Waals surface area contributed by atoms with E-state index in [4.69, 9.17) is 5.73 Å². The van der Waals surface area contributed by atoms with Gasteiger partial charge < -0.3 is 10.6 Å². The third kappa shape index (κ3) is 2.96. The molecule has 1 aliphatic heterocycles. The van der Waals surface area contributed by atoms with Gasteiger partial charge in [-0.05, 0) is 19.9 Å². The molecule has 1 aromatic heterocycles. The van der Waals surface area contributed by atoms with Crippen molar-refractivity contribution in [3.63, 3.8) is 0 Å². The van der Waals surface area contributed by atoms with Crippen LogP contribution in [0.4, 0.5) is 5.82 Å². The number of anilines is 1. The Morgan fingerprint density at radius 3 is 2.80 bits per heavy atom. The van der Waals surface area contributed by atoms with E-state index in [0.717, 1.165) is 35.8 Å². The summed E-state index contributed by atoms with van der Waals surface area (Å²) in [4.78, 5) is 1.98. The van der Waals surface area contributed by atoms with Crippen LogP contribution in [0.1, 0.15) is 11.3 Å². The van der Waals surface area contributed by atoms with Crippen molar-refractivity contribution in [3.8, 4) is 0 Å². The molecular weight excluding hydrogens is 296 g/mol. The van der Waals surface area contributed by atoms with Gasteiger partial charge in [0.25, 0.3) is 0 Å². The Kier molecular flexibility index (Phi) is 4.66. The molecule has 1 aliphatic rings. The molecule has 0 spiro atoms. The van der Waals surface area contributed by atoms with E-state index in [9.17, 15) is 8.42 Å². The highest BCUT2D eigenvalue weighted by atomic mass is 32.2. The molecule has 0 saturated carbocycles. The van der Waals surface area contributed by atoms with Gasteiger partial charge in [0.2, 0.25) is 0 Å². The SMILES string of the molecule is Cc1nn(C)c(N2CCSCC2S(C)(=O)=O)c1CCN. The van der Waals surface area contributed by atoms with Crippen LogP contribution < -0.4 is 10.6 Å². The predicted octanol–water partition coefficient (Wildman–Crippen LogP) is 0.154. The Hall–Kier alpha value is -0.730. The van der Waals surface area contributed by atoms with E-state index >= 15 is 0 Å². The highest BCUT2D eigenvalue weighted by molar-refractivity contribution is 8.01. The van der Waals surface area contributed by atoms with Crippen molar-refractivity contribution in [3.05, 3.63) is 11.3 Å². The highest BCUT2D eigenvalue weighted by Gasteiger charge is 2.34. The van der Waals surface area contributed by atoms with Gasteiger partial charge in [-0.25, -0.2) is 8.42 Å². The van der Waals surface area contributed by atoms with Gasteiger partial charge in [-0.15, -0.1) is 0 Å². The maximum Gasteiger partial charge on any atom is 0.169 e. The van der Waals surface area contributed by atoms with Crippen LogP contribution in [-0.4, -0.2) is 54.4 Å². The lowest BCUT2D eigenvalue weighted by atomic mass is 10.1. The standard InChI is InChI=1S/C12H22N4O2S2/c1-9-10(4-5-13)12(15(2)14-9)16-6-7-19-8-11(16)20(3,17)18/h11H,4-8,13H2,1-3H3. The lowest BCUT2D eigenvalue weighted by molar-refractivity contribution is 0.580. The van der Waals surface area contributed by atoms with E-state index in [1.807, 2.05) is 18.9 Å². The third-order valence-electron chi connectivity index (χ3n) is 3.56. The molecule has 2 rings (SSSR count). The summed E-state index contributed by atoms with van der Waals surface area (Å²) in [6.07, 6.45) is 2.03. The highest BCUT2D eigenvalue weighted by Crippen LogP contribution is 2.30. The van der Waals surface area contributed by atoms with Crippen molar-refractivity contribution in [1.29, 1.82) is 0 Å². The van der Waals surface area contributed by atoms with Gasteiger partial charge in [-0.3, -0.25) is 4.68 Å². The fourth-order valence-corrected chi connectivity index (χ4v) is 5.48. The number of aromatic nitrogens is 2. The van der Waals surface area contributed by atoms with E-state index in [1.165, 1.54) is 6.26 Å². The van der Waals surface area contributed by atoms with Crippen molar-refractivity contribution in [2.45, 2.75) is 18.7 Å². The Balaban J connectivity index is 2.47. The average Bonchev–Trinajstić information content (AvgIpc) is 2.64. The summed E-state index contributed by atoms with van der Waals surface area (Å²) in [5.74, 6) is 2.44. The molecule has 2 N–H and O–H groups in total. The first kappa shape index (κ1) is 15.7. The Morgan fingerprint density at radius 2 is 2.20 bits per heavy atom. The molecule has 0 bridgehead atoms. The van der Waals surface area contributed by atoms with Crippen LogP contribution in [-0.2, 0) is 23.3 Å². The van der Waals surface area contributed by atoms with Crippen molar-refractivity contribution in [2.75, 3.05) is 35.8 Å². The smallest absolute Gasteiger partial charge is 0.169 e. The lowest BCUT2D eigenvalue weighted by Crippen LogP contribution is -2.48. The fourth-order valence-electron chi connectivity index (χ4n) is 2.66. The molecule has 1 aromatic rings. The van der Waals surface area contributed by atoms with Crippen LogP contribution in [0.15, 0.2) is 0 Å². The van der Waals surface area contributed by atoms with Gasteiger partial charge in [0.05, 0.1) is 5.69 Å². The third-order valence-corrected chi connectivity index (χ3v) is 6.20. The quantitative estimate of drug-likeness (QED) is 0.851. The molecular formula is C12H22N4O2S2. The van der Waals surface area contributed by atoms with Crippen LogP contribution in [0.5, 0.6) is 0 Å². The molecule has 2 heterocycles. The Morgan fingerprint density at radius 1 is 1.50 bits per heavy atom. The van der Waals surface area contributed by atoms with E-state index in [-0.39, 0.29) is 0 Å². The number of nitrogens with two attached hydrogens (primary N) is 1. The molecule has 8 heteroatoms. The topological polar surface area (TPSA) is 81.2 Å². The lowest BCUT2D eigenvalue weighted by Gasteiger charge is -2.36. The summed E-state index contributed by atoms with van der Waals surface area (Å²) in [5, 5.41) is 3.96. The second kappa shape index (κ2) is 5.95. The number of sulfone groups is 1. The normalized spacial score (nSPS) is 20.4. The first-order chi connectivity index (χ1) is 9.36. The predicted molar refractivity (Wildman–Crippen MR) is 84.0 cm³/mol. The van der Waals surface area contributed by atoms with Crippen LogP contribution in [0.2, 0.25) is 0 Å². The molecule has 1 fully saturated rings. The summed E-state index contributed by atoms with van der Waals surface area (Å²) in [7, 11) is -1.27. The number of thioether (sulfide) groups is 1. The minimum atomic E-state index is -3.13. The molecule has 1 saturated heterocycles. The fraction of sp³-hybridized carbons (Fsp3) is 0.750. The second-order valence-electron chi connectivity index (χ2n) is 5.10. The molecule has 1 atom stereocenters. The summed E-state index contributed by atoms with van der Waals surface area (Å²) in [6.45, 7) is 3.20. The van der Waals surface area contributed by atoms with Crippen LogP contribution in [0, 0.1) is 6.92 Å². The van der Waals surface area contributed by atoms with Crippen molar-refractivity contribution in [2.24, 2.45) is 12.8 Å². The average molecular weight is 318 g/mol. The van der Waals surface area contributed by atoms with Gasteiger partial charge >= 0.3 is 0 Å². The largest absolute Gasteiger partial charge is 0.338 e. The van der Waals surface area contributed by atoms with Gasteiger partial charge in [0, 0.05) is 36.9 Å². The summed E-state index contributed by atoms with van der Waals surface area (Å²) in [6, 6.07) is 0. The molecule has 20 heavy (non-hydrogen) atoms. The number of aryl methyl sites for hydroxylation is 2. The first-order valence-electron chi connectivity index (χ1n) is 6.62. The van der Waals surface area contributed by atoms with Crippen LogP contribution in [0.25, 0.3) is 0 Å². The van der Waals surface area contributed by atoms with Crippen LogP contribution >= 0.6 is 11.8 Å². The minimum absolute atomic E-state index is 0.479. The van der Waals surface area contributed by atoms with E-state index in [1.54, 1.807) is 16.4 Å². The molecule has 6 nitrogen and oxygen atoms in total. The first-order valence-corrected chi connectivity index (χ1v) is 9.73. The second-order valence-corrected chi connectivity index (χ2v) is 8.46. The van der Waals surface area contributed by atoms with Crippen molar-refractivity contribution in [1.82, 2.24) is 9.78 Å². The van der Waals surface area contributed by atoms with Gasteiger partial charge in [-0.2, -0.15) is 16.9 Å². The Labute approximate surface area is 124 Å². The van der Waals surface area contributed by atoms with Crippen molar-refractivity contribution < 1.29 is 8.42 Å². The molecule has 0 aromatic carbocycles. The summed E-state index contributed by atoms with van der Waals surface area (Å²) in [5.41, 5.74) is 7.67. The van der Waals surface area contributed by atoms with E-state index in [0.29, 0.717) is 12.3 Å². The zero-order chi connectivity index (χ0) is 14.9. The molecule has 1 unspecified atom stereocenters. The Bertz CT molecular complexity index is 583. The van der Waals surface area contributed by atoms with E-state index < -0.39 is 15.2 Å². The van der Waals surface area contributed by atoms with E-state index in [2.05, 4.69) is 5.10 Å². The molecule has 114 valence electrons. The van der Waals surface area contributed by atoms with Crippen molar-refractivity contribution >= 4 is 27.4 Å². The van der Waals surface area contributed by atoms with Gasteiger partial charge in [0.1, 0.15) is 11.2 Å².